The third-order valence-corrected chi connectivity index (χ3v) is 3.07. The lowest BCUT2D eigenvalue weighted by molar-refractivity contribution is 0.0341. The standard InChI is InChI=1S/C14H22FNO/c1-5-17-12-8-6-7-11(9-12)14(15,10-16)13(2,3)4/h6-9H,5,10,16H2,1-4H3. The van der Waals surface area contributed by atoms with Crippen molar-refractivity contribution < 1.29 is 9.13 Å². The maximum absolute atomic E-state index is 15.0. The summed E-state index contributed by atoms with van der Waals surface area (Å²) >= 11 is 0. The van der Waals surface area contributed by atoms with E-state index >= 15 is 0 Å². The molecule has 96 valence electrons. The Kier molecular flexibility index (Phi) is 4.15. The quantitative estimate of drug-likeness (QED) is 0.875. The number of benzene rings is 1. The van der Waals surface area contributed by atoms with E-state index < -0.39 is 11.1 Å². The van der Waals surface area contributed by atoms with E-state index in [2.05, 4.69) is 0 Å². The molecule has 17 heavy (non-hydrogen) atoms. The van der Waals surface area contributed by atoms with Gasteiger partial charge in [-0.3, -0.25) is 0 Å². The number of rotatable bonds is 4. The minimum absolute atomic E-state index is 0.0356. The molecule has 1 unspecified atom stereocenters. The van der Waals surface area contributed by atoms with Gasteiger partial charge in [0.25, 0.3) is 0 Å². The molecule has 1 aromatic carbocycles. The summed E-state index contributed by atoms with van der Waals surface area (Å²) in [5, 5.41) is 0. The van der Waals surface area contributed by atoms with Crippen molar-refractivity contribution in [3.05, 3.63) is 29.8 Å². The van der Waals surface area contributed by atoms with E-state index in [4.69, 9.17) is 10.5 Å². The molecule has 2 N–H and O–H groups in total. The van der Waals surface area contributed by atoms with Crippen LogP contribution in [0.4, 0.5) is 4.39 Å². The van der Waals surface area contributed by atoms with Crippen LogP contribution < -0.4 is 10.5 Å². The Morgan fingerprint density at radius 2 is 1.94 bits per heavy atom. The maximum Gasteiger partial charge on any atom is 0.153 e. The molecule has 0 radical (unpaired) electrons. The van der Waals surface area contributed by atoms with E-state index in [1.165, 1.54) is 0 Å². The summed E-state index contributed by atoms with van der Waals surface area (Å²) < 4.78 is 20.4. The summed E-state index contributed by atoms with van der Waals surface area (Å²) in [5.41, 5.74) is 4.12. The van der Waals surface area contributed by atoms with Crippen LogP contribution in [-0.4, -0.2) is 13.2 Å². The van der Waals surface area contributed by atoms with Crippen LogP contribution >= 0.6 is 0 Å². The van der Waals surface area contributed by atoms with Gasteiger partial charge in [-0.2, -0.15) is 0 Å². The Bertz CT molecular complexity index is 373. The highest BCUT2D eigenvalue weighted by molar-refractivity contribution is 5.34. The smallest absolute Gasteiger partial charge is 0.153 e. The third-order valence-electron chi connectivity index (χ3n) is 3.07. The molecule has 1 atom stereocenters. The number of nitrogens with two attached hydrogens (primary N) is 1. The average molecular weight is 239 g/mol. The number of hydrogen-bond acceptors (Lipinski definition) is 2. The van der Waals surface area contributed by atoms with Crippen LogP contribution in [0.3, 0.4) is 0 Å². The predicted octanol–water partition coefficient (Wildman–Crippen LogP) is 3.25. The van der Waals surface area contributed by atoms with Gasteiger partial charge in [0.15, 0.2) is 5.67 Å². The first-order chi connectivity index (χ1) is 7.85. The van der Waals surface area contributed by atoms with Crippen LogP contribution in [-0.2, 0) is 5.67 Å². The third kappa shape index (κ3) is 2.78. The van der Waals surface area contributed by atoms with Crippen LogP contribution in [0.1, 0.15) is 33.3 Å². The summed E-state index contributed by atoms with van der Waals surface area (Å²) in [5.74, 6) is 0.685. The predicted molar refractivity (Wildman–Crippen MR) is 68.9 cm³/mol. The zero-order chi connectivity index (χ0) is 13.1. The first-order valence-corrected chi connectivity index (χ1v) is 5.97. The average Bonchev–Trinajstić information content (AvgIpc) is 2.27. The molecule has 2 nitrogen and oxygen atoms in total. The summed E-state index contributed by atoms with van der Waals surface area (Å²) in [7, 11) is 0. The van der Waals surface area contributed by atoms with Gasteiger partial charge in [0.2, 0.25) is 0 Å². The lowest BCUT2D eigenvalue weighted by Gasteiger charge is -2.37. The fourth-order valence-corrected chi connectivity index (χ4v) is 1.86. The van der Waals surface area contributed by atoms with Crippen molar-refractivity contribution in [3.63, 3.8) is 0 Å². The molecular weight excluding hydrogens is 217 g/mol. The highest BCUT2D eigenvalue weighted by Gasteiger charge is 2.43. The largest absolute Gasteiger partial charge is 0.494 e. The van der Waals surface area contributed by atoms with Crippen LogP contribution in [0, 0.1) is 5.41 Å². The molecule has 0 saturated heterocycles. The maximum atomic E-state index is 15.0. The SMILES string of the molecule is CCOc1cccc(C(F)(CN)C(C)(C)C)c1. The Morgan fingerprint density at radius 3 is 2.41 bits per heavy atom. The van der Waals surface area contributed by atoms with E-state index in [1.807, 2.05) is 33.8 Å². The van der Waals surface area contributed by atoms with Crippen LogP contribution in [0.15, 0.2) is 24.3 Å². The molecule has 0 fully saturated rings. The minimum atomic E-state index is -1.54. The second-order valence-electron chi connectivity index (χ2n) is 5.22. The first kappa shape index (κ1) is 14.0. The molecule has 0 amide bonds. The lowest BCUT2D eigenvalue weighted by Crippen LogP contribution is -2.42. The summed E-state index contributed by atoms with van der Waals surface area (Å²) in [6, 6.07) is 7.13. The van der Waals surface area contributed by atoms with Crippen molar-refractivity contribution in [3.8, 4) is 5.75 Å². The van der Waals surface area contributed by atoms with E-state index in [0.717, 1.165) is 0 Å². The van der Waals surface area contributed by atoms with E-state index in [-0.39, 0.29) is 6.54 Å². The van der Waals surface area contributed by atoms with Gasteiger partial charge in [0.05, 0.1) is 6.61 Å². The van der Waals surface area contributed by atoms with Crippen molar-refractivity contribution in [2.75, 3.05) is 13.2 Å². The van der Waals surface area contributed by atoms with Gasteiger partial charge < -0.3 is 10.5 Å². The number of alkyl halides is 1. The van der Waals surface area contributed by atoms with Gasteiger partial charge in [-0.05, 0) is 24.6 Å². The molecule has 0 aliphatic carbocycles. The first-order valence-electron chi connectivity index (χ1n) is 5.97. The van der Waals surface area contributed by atoms with Gasteiger partial charge in [-0.25, -0.2) is 4.39 Å². The van der Waals surface area contributed by atoms with Gasteiger partial charge >= 0.3 is 0 Å². The van der Waals surface area contributed by atoms with Crippen molar-refractivity contribution in [2.24, 2.45) is 11.1 Å². The normalized spacial score (nSPS) is 15.4. The Hall–Kier alpha value is -1.09. The van der Waals surface area contributed by atoms with Gasteiger partial charge in [0.1, 0.15) is 5.75 Å². The van der Waals surface area contributed by atoms with Crippen LogP contribution in [0.5, 0.6) is 5.75 Å². The van der Waals surface area contributed by atoms with E-state index in [0.29, 0.717) is 17.9 Å². The van der Waals surface area contributed by atoms with Crippen LogP contribution in [0.2, 0.25) is 0 Å². The van der Waals surface area contributed by atoms with E-state index in [9.17, 15) is 4.39 Å². The second-order valence-corrected chi connectivity index (χ2v) is 5.22. The van der Waals surface area contributed by atoms with Crippen molar-refractivity contribution in [2.45, 2.75) is 33.4 Å². The Balaban J connectivity index is 3.16. The fraction of sp³-hybridized carbons (Fsp3) is 0.571. The van der Waals surface area contributed by atoms with Gasteiger partial charge in [-0.1, -0.05) is 32.9 Å². The molecule has 0 aromatic heterocycles. The zero-order valence-corrected chi connectivity index (χ0v) is 11.1. The van der Waals surface area contributed by atoms with Crippen molar-refractivity contribution in [1.29, 1.82) is 0 Å². The van der Waals surface area contributed by atoms with Gasteiger partial charge in [-0.15, -0.1) is 0 Å². The number of halogens is 1. The molecule has 0 bridgehead atoms. The summed E-state index contributed by atoms with van der Waals surface area (Å²) in [6.07, 6.45) is 0. The molecule has 1 rings (SSSR count). The van der Waals surface area contributed by atoms with Gasteiger partial charge in [0, 0.05) is 12.0 Å². The Morgan fingerprint density at radius 1 is 1.29 bits per heavy atom. The molecule has 0 saturated carbocycles. The molecule has 0 aliphatic rings. The molecule has 1 aromatic rings. The fourth-order valence-electron chi connectivity index (χ4n) is 1.86. The zero-order valence-electron chi connectivity index (χ0n) is 11.1. The molecular formula is C14H22FNO. The van der Waals surface area contributed by atoms with E-state index in [1.54, 1.807) is 18.2 Å². The summed E-state index contributed by atoms with van der Waals surface area (Å²) in [4.78, 5) is 0. The van der Waals surface area contributed by atoms with Crippen LogP contribution in [0.25, 0.3) is 0 Å². The lowest BCUT2D eigenvalue weighted by atomic mass is 9.73. The Labute approximate surface area is 103 Å². The topological polar surface area (TPSA) is 35.2 Å². The molecule has 0 aliphatic heterocycles. The number of hydrogen-bond donors (Lipinski definition) is 1. The van der Waals surface area contributed by atoms with Crippen molar-refractivity contribution in [1.82, 2.24) is 0 Å². The molecule has 0 spiro atoms. The van der Waals surface area contributed by atoms with Crippen molar-refractivity contribution >= 4 is 0 Å². The number of ether oxygens (including phenoxy) is 1. The monoisotopic (exact) mass is 239 g/mol. The minimum Gasteiger partial charge on any atom is -0.494 e. The highest BCUT2D eigenvalue weighted by Crippen LogP contribution is 2.42. The molecule has 3 heteroatoms. The summed E-state index contributed by atoms with van der Waals surface area (Å²) in [6.45, 7) is 8.00. The highest BCUT2D eigenvalue weighted by atomic mass is 19.1. The second kappa shape index (κ2) is 5.05. The molecule has 0 heterocycles.